The fourth-order valence-corrected chi connectivity index (χ4v) is 1.51. The maximum absolute atomic E-state index is 11.3. The van der Waals surface area contributed by atoms with Crippen molar-refractivity contribution in [2.24, 2.45) is 0 Å². The zero-order valence-corrected chi connectivity index (χ0v) is 8.98. The monoisotopic (exact) mass is 217 g/mol. The van der Waals surface area contributed by atoms with Gasteiger partial charge in [0.2, 0.25) is 5.91 Å². The number of ether oxygens (including phenoxy) is 1. The summed E-state index contributed by atoms with van der Waals surface area (Å²) in [6.07, 6.45) is 3.77. The molecule has 0 aliphatic carbocycles. The van der Waals surface area contributed by atoms with Crippen molar-refractivity contribution >= 4 is 17.5 Å². The first-order valence-electron chi connectivity index (χ1n) is 4.90. The van der Waals surface area contributed by atoms with E-state index in [1.807, 2.05) is 0 Å². The number of rotatable bonds is 4. The quantitative estimate of drug-likeness (QED) is 0.780. The SMILES string of the molecule is C=C(Cl)CNC(=O)CC1CCCCO1. The van der Waals surface area contributed by atoms with Gasteiger partial charge in [-0.1, -0.05) is 18.2 Å². The number of halogens is 1. The molecule has 1 aliphatic heterocycles. The lowest BCUT2D eigenvalue weighted by Gasteiger charge is -2.21. The van der Waals surface area contributed by atoms with Crippen molar-refractivity contribution < 1.29 is 9.53 Å². The highest BCUT2D eigenvalue weighted by Crippen LogP contribution is 2.15. The number of hydrogen-bond donors (Lipinski definition) is 1. The first kappa shape index (κ1) is 11.5. The van der Waals surface area contributed by atoms with Gasteiger partial charge in [-0.05, 0) is 19.3 Å². The first-order chi connectivity index (χ1) is 6.68. The van der Waals surface area contributed by atoms with Gasteiger partial charge in [-0.15, -0.1) is 0 Å². The fourth-order valence-electron chi connectivity index (χ4n) is 1.44. The second-order valence-corrected chi connectivity index (χ2v) is 4.02. The topological polar surface area (TPSA) is 38.3 Å². The summed E-state index contributed by atoms with van der Waals surface area (Å²) < 4.78 is 5.44. The van der Waals surface area contributed by atoms with Crippen molar-refractivity contribution in [1.29, 1.82) is 0 Å². The van der Waals surface area contributed by atoms with Gasteiger partial charge in [-0.25, -0.2) is 0 Å². The van der Waals surface area contributed by atoms with E-state index in [4.69, 9.17) is 16.3 Å². The van der Waals surface area contributed by atoms with E-state index in [1.54, 1.807) is 0 Å². The fraction of sp³-hybridized carbons (Fsp3) is 0.700. The first-order valence-corrected chi connectivity index (χ1v) is 5.28. The maximum Gasteiger partial charge on any atom is 0.222 e. The van der Waals surface area contributed by atoms with Crippen LogP contribution in [0, 0.1) is 0 Å². The highest BCUT2D eigenvalue weighted by atomic mass is 35.5. The van der Waals surface area contributed by atoms with E-state index in [0.717, 1.165) is 25.9 Å². The molecule has 1 rings (SSSR count). The number of nitrogens with one attached hydrogen (secondary N) is 1. The van der Waals surface area contributed by atoms with Gasteiger partial charge in [0.05, 0.1) is 19.1 Å². The van der Waals surface area contributed by atoms with Gasteiger partial charge < -0.3 is 10.1 Å². The molecule has 14 heavy (non-hydrogen) atoms. The van der Waals surface area contributed by atoms with Crippen LogP contribution in [-0.4, -0.2) is 25.2 Å². The summed E-state index contributed by atoms with van der Waals surface area (Å²) in [6, 6.07) is 0. The molecular weight excluding hydrogens is 202 g/mol. The van der Waals surface area contributed by atoms with Crippen LogP contribution >= 0.6 is 11.6 Å². The van der Waals surface area contributed by atoms with Crippen LogP contribution in [0.2, 0.25) is 0 Å². The van der Waals surface area contributed by atoms with Crippen molar-refractivity contribution in [3.8, 4) is 0 Å². The third-order valence-electron chi connectivity index (χ3n) is 2.16. The lowest BCUT2D eigenvalue weighted by atomic mass is 10.1. The molecule has 1 fully saturated rings. The average molecular weight is 218 g/mol. The molecular formula is C10H16ClNO2. The Labute approximate surface area is 89.5 Å². The molecule has 0 aromatic carbocycles. The standard InChI is InChI=1S/C10H16ClNO2/c1-8(11)7-12-10(13)6-9-4-2-3-5-14-9/h9H,1-7H2,(H,12,13). The molecule has 1 unspecified atom stereocenters. The second-order valence-electron chi connectivity index (χ2n) is 3.49. The normalized spacial score (nSPS) is 21.6. The molecule has 0 saturated carbocycles. The van der Waals surface area contributed by atoms with E-state index < -0.39 is 0 Å². The van der Waals surface area contributed by atoms with Crippen molar-refractivity contribution in [2.45, 2.75) is 31.8 Å². The Balaban J connectivity index is 2.15. The minimum atomic E-state index is -0.0151. The Hall–Kier alpha value is -0.540. The summed E-state index contributed by atoms with van der Waals surface area (Å²) in [5, 5.41) is 3.13. The van der Waals surface area contributed by atoms with Crippen molar-refractivity contribution in [1.82, 2.24) is 5.32 Å². The van der Waals surface area contributed by atoms with Crippen LogP contribution in [0.25, 0.3) is 0 Å². The van der Waals surface area contributed by atoms with Crippen LogP contribution in [0.5, 0.6) is 0 Å². The average Bonchev–Trinajstić information content (AvgIpc) is 2.16. The molecule has 1 atom stereocenters. The zero-order valence-electron chi connectivity index (χ0n) is 8.22. The van der Waals surface area contributed by atoms with E-state index >= 15 is 0 Å². The third-order valence-corrected chi connectivity index (χ3v) is 2.30. The van der Waals surface area contributed by atoms with Crippen LogP contribution in [0.3, 0.4) is 0 Å². The summed E-state index contributed by atoms with van der Waals surface area (Å²) in [5.74, 6) is -0.0151. The predicted octanol–water partition coefficient (Wildman–Crippen LogP) is 1.81. The van der Waals surface area contributed by atoms with E-state index in [-0.39, 0.29) is 12.0 Å². The summed E-state index contributed by atoms with van der Waals surface area (Å²) in [5.41, 5.74) is 0. The van der Waals surface area contributed by atoms with Gasteiger partial charge in [-0.2, -0.15) is 0 Å². The van der Waals surface area contributed by atoms with E-state index in [0.29, 0.717) is 18.0 Å². The minimum absolute atomic E-state index is 0.0151. The zero-order chi connectivity index (χ0) is 10.4. The predicted molar refractivity (Wildman–Crippen MR) is 56.2 cm³/mol. The molecule has 1 amide bonds. The Morgan fingerprint density at radius 2 is 2.36 bits per heavy atom. The number of hydrogen-bond acceptors (Lipinski definition) is 2. The molecule has 0 bridgehead atoms. The molecule has 1 aliphatic rings. The van der Waals surface area contributed by atoms with Gasteiger partial charge in [0.15, 0.2) is 0 Å². The lowest BCUT2D eigenvalue weighted by molar-refractivity contribution is -0.124. The Morgan fingerprint density at radius 3 is 2.93 bits per heavy atom. The molecule has 0 aromatic heterocycles. The van der Waals surface area contributed by atoms with Gasteiger partial charge in [0.1, 0.15) is 0 Å². The smallest absolute Gasteiger partial charge is 0.222 e. The molecule has 0 radical (unpaired) electrons. The Morgan fingerprint density at radius 1 is 1.57 bits per heavy atom. The maximum atomic E-state index is 11.3. The van der Waals surface area contributed by atoms with Gasteiger partial charge in [0.25, 0.3) is 0 Å². The van der Waals surface area contributed by atoms with Crippen molar-refractivity contribution in [3.05, 3.63) is 11.6 Å². The number of carbonyl (C=O) groups is 1. The molecule has 1 heterocycles. The molecule has 1 saturated heterocycles. The van der Waals surface area contributed by atoms with E-state index in [1.165, 1.54) is 0 Å². The van der Waals surface area contributed by atoms with Crippen LogP contribution in [0.1, 0.15) is 25.7 Å². The van der Waals surface area contributed by atoms with Crippen LogP contribution in [-0.2, 0) is 9.53 Å². The third kappa shape index (κ3) is 4.63. The van der Waals surface area contributed by atoms with E-state index in [2.05, 4.69) is 11.9 Å². The van der Waals surface area contributed by atoms with Crippen LogP contribution < -0.4 is 5.32 Å². The largest absolute Gasteiger partial charge is 0.378 e. The van der Waals surface area contributed by atoms with Crippen molar-refractivity contribution in [3.63, 3.8) is 0 Å². The minimum Gasteiger partial charge on any atom is -0.378 e. The summed E-state index contributed by atoms with van der Waals surface area (Å²) in [6.45, 7) is 4.61. The highest BCUT2D eigenvalue weighted by molar-refractivity contribution is 6.29. The van der Waals surface area contributed by atoms with Crippen LogP contribution in [0.4, 0.5) is 0 Å². The number of amides is 1. The Kier molecular flexibility index (Phi) is 4.98. The summed E-state index contributed by atoms with van der Waals surface area (Å²) >= 11 is 5.52. The van der Waals surface area contributed by atoms with Gasteiger partial charge >= 0.3 is 0 Å². The molecule has 80 valence electrons. The molecule has 0 spiro atoms. The van der Waals surface area contributed by atoms with Gasteiger partial charge in [0, 0.05) is 11.6 Å². The highest BCUT2D eigenvalue weighted by Gasteiger charge is 2.17. The molecule has 1 N–H and O–H groups in total. The van der Waals surface area contributed by atoms with Crippen molar-refractivity contribution in [2.75, 3.05) is 13.2 Å². The van der Waals surface area contributed by atoms with Gasteiger partial charge in [-0.3, -0.25) is 4.79 Å². The molecule has 0 aromatic rings. The molecule has 3 nitrogen and oxygen atoms in total. The lowest BCUT2D eigenvalue weighted by Crippen LogP contribution is -2.31. The van der Waals surface area contributed by atoms with E-state index in [9.17, 15) is 4.79 Å². The van der Waals surface area contributed by atoms with Crippen LogP contribution in [0.15, 0.2) is 11.6 Å². The second kappa shape index (κ2) is 6.04. The Bertz CT molecular complexity index is 212. The molecule has 4 heteroatoms. The summed E-state index contributed by atoms with van der Waals surface area (Å²) in [4.78, 5) is 11.3. The number of carbonyl (C=O) groups excluding carboxylic acids is 1. The summed E-state index contributed by atoms with van der Waals surface area (Å²) in [7, 11) is 0.